The van der Waals surface area contributed by atoms with Gasteiger partial charge in [0.05, 0.1) is 34.9 Å². The lowest BCUT2D eigenvalue weighted by Gasteiger charge is -2.25. The van der Waals surface area contributed by atoms with Gasteiger partial charge in [-0.1, -0.05) is 17.7 Å². The summed E-state index contributed by atoms with van der Waals surface area (Å²) in [6.07, 6.45) is 0. The molecule has 0 heterocycles. The van der Waals surface area contributed by atoms with E-state index in [9.17, 15) is 13.2 Å². The van der Waals surface area contributed by atoms with Crippen LogP contribution in [-0.2, 0) is 14.8 Å². The molecule has 146 valence electrons. The van der Waals surface area contributed by atoms with Crippen molar-refractivity contribution in [3.05, 3.63) is 52.5 Å². The highest BCUT2D eigenvalue weighted by Crippen LogP contribution is 2.32. The number of anilines is 1. The van der Waals surface area contributed by atoms with E-state index in [4.69, 9.17) is 21.1 Å². The molecule has 0 aliphatic carbocycles. The van der Waals surface area contributed by atoms with Crippen LogP contribution in [0.2, 0.25) is 5.02 Å². The molecule has 0 aliphatic heterocycles. The van der Waals surface area contributed by atoms with E-state index in [0.29, 0.717) is 22.6 Å². The maximum atomic E-state index is 13.2. The Kier molecular flexibility index (Phi) is 6.73. The molecule has 27 heavy (non-hydrogen) atoms. The number of esters is 1. The lowest BCUT2D eigenvalue weighted by Crippen LogP contribution is -2.31. The number of hydrogen-bond donors (Lipinski definition) is 0. The monoisotopic (exact) mass is 411 g/mol. The fourth-order valence-corrected chi connectivity index (χ4v) is 4.61. The Balaban J connectivity index is 2.54. The molecule has 0 fully saturated rings. The van der Waals surface area contributed by atoms with Crippen molar-refractivity contribution in [1.29, 1.82) is 0 Å². The van der Waals surface area contributed by atoms with Gasteiger partial charge in [-0.15, -0.1) is 0 Å². The molecule has 2 rings (SSSR count). The molecule has 0 unspecified atom stereocenters. The average molecular weight is 412 g/mol. The van der Waals surface area contributed by atoms with Crippen LogP contribution in [0.5, 0.6) is 5.75 Å². The van der Waals surface area contributed by atoms with Crippen molar-refractivity contribution in [2.45, 2.75) is 25.7 Å². The number of halogens is 1. The SMILES string of the molecule is CCOC(=O)c1cccc(N(CC)S(=O)(=O)c2ccc(OC)c(Cl)c2)c1C. The summed E-state index contributed by atoms with van der Waals surface area (Å²) in [5.41, 5.74) is 1.27. The first-order chi connectivity index (χ1) is 12.8. The minimum Gasteiger partial charge on any atom is -0.495 e. The highest BCUT2D eigenvalue weighted by atomic mass is 35.5. The van der Waals surface area contributed by atoms with Gasteiger partial charge in [0.1, 0.15) is 5.75 Å². The molecule has 6 nitrogen and oxygen atoms in total. The zero-order valence-corrected chi connectivity index (χ0v) is 17.2. The number of sulfonamides is 1. The lowest BCUT2D eigenvalue weighted by atomic mass is 10.1. The van der Waals surface area contributed by atoms with Crippen LogP contribution in [0.1, 0.15) is 29.8 Å². The van der Waals surface area contributed by atoms with Crippen LogP contribution in [-0.4, -0.2) is 34.6 Å². The molecule has 2 aromatic rings. The summed E-state index contributed by atoms with van der Waals surface area (Å²) in [5, 5.41) is 0.201. The predicted octanol–water partition coefficient (Wildman–Crippen LogP) is 4.05. The smallest absolute Gasteiger partial charge is 0.338 e. The number of rotatable bonds is 7. The van der Waals surface area contributed by atoms with Gasteiger partial charge in [-0.2, -0.15) is 0 Å². The van der Waals surface area contributed by atoms with Crippen LogP contribution in [0.25, 0.3) is 0 Å². The summed E-state index contributed by atoms with van der Waals surface area (Å²) >= 11 is 6.09. The van der Waals surface area contributed by atoms with Gasteiger partial charge in [0, 0.05) is 6.54 Å². The van der Waals surface area contributed by atoms with Crippen molar-refractivity contribution in [3.8, 4) is 5.75 Å². The van der Waals surface area contributed by atoms with Gasteiger partial charge in [-0.3, -0.25) is 4.31 Å². The van der Waals surface area contributed by atoms with Crippen molar-refractivity contribution in [1.82, 2.24) is 0 Å². The Labute approximate surface area is 164 Å². The van der Waals surface area contributed by atoms with E-state index in [0.717, 1.165) is 0 Å². The van der Waals surface area contributed by atoms with Crippen LogP contribution >= 0.6 is 11.6 Å². The summed E-state index contributed by atoms with van der Waals surface area (Å²) in [4.78, 5) is 12.2. The second-order valence-electron chi connectivity index (χ2n) is 5.64. The van der Waals surface area contributed by atoms with Crippen LogP contribution in [0.4, 0.5) is 5.69 Å². The van der Waals surface area contributed by atoms with E-state index in [1.54, 1.807) is 39.0 Å². The Hall–Kier alpha value is -2.25. The molecular weight excluding hydrogens is 390 g/mol. The number of carbonyl (C=O) groups excluding carboxylic acids is 1. The molecule has 0 saturated heterocycles. The zero-order chi connectivity index (χ0) is 20.2. The highest BCUT2D eigenvalue weighted by Gasteiger charge is 2.27. The Morgan fingerprint density at radius 3 is 2.44 bits per heavy atom. The average Bonchev–Trinajstić information content (AvgIpc) is 2.63. The molecule has 0 amide bonds. The topological polar surface area (TPSA) is 72.9 Å². The predicted molar refractivity (Wildman–Crippen MR) is 105 cm³/mol. The first-order valence-corrected chi connectivity index (χ1v) is 10.2. The summed E-state index contributed by atoms with van der Waals surface area (Å²) in [6.45, 7) is 5.55. The zero-order valence-electron chi connectivity index (χ0n) is 15.7. The molecule has 0 spiro atoms. The molecule has 0 atom stereocenters. The first-order valence-electron chi connectivity index (χ1n) is 8.40. The second kappa shape index (κ2) is 8.63. The largest absolute Gasteiger partial charge is 0.495 e. The van der Waals surface area contributed by atoms with Crippen molar-refractivity contribution < 1.29 is 22.7 Å². The minimum absolute atomic E-state index is 0.0380. The lowest BCUT2D eigenvalue weighted by molar-refractivity contribution is 0.0525. The molecule has 8 heteroatoms. The maximum Gasteiger partial charge on any atom is 0.338 e. The number of ether oxygens (including phenoxy) is 2. The third-order valence-corrected chi connectivity index (χ3v) is 6.25. The molecule has 0 aromatic heterocycles. The van der Waals surface area contributed by atoms with Gasteiger partial charge in [-0.05, 0) is 56.7 Å². The molecule has 0 bridgehead atoms. The van der Waals surface area contributed by atoms with E-state index in [-0.39, 0.29) is 23.1 Å². The summed E-state index contributed by atoms with van der Waals surface area (Å²) in [5.74, 6) is -0.100. The highest BCUT2D eigenvalue weighted by molar-refractivity contribution is 7.92. The standard InChI is InChI=1S/C19H22ClNO5S/c1-5-21(17-9-7-8-15(13(17)3)19(22)26-6-2)27(23,24)14-10-11-18(25-4)16(20)12-14/h7-12H,5-6H2,1-4H3. The number of methoxy groups -OCH3 is 1. The van der Waals surface area contributed by atoms with Crippen molar-refractivity contribution in [2.24, 2.45) is 0 Å². The third kappa shape index (κ3) is 4.20. The van der Waals surface area contributed by atoms with Crippen LogP contribution in [0, 0.1) is 6.92 Å². The Morgan fingerprint density at radius 1 is 1.19 bits per heavy atom. The van der Waals surface area contributed by atoms with Crippen LogP contribution in [0.15, 0.2) is 41.3 Å². The number of benzene rings is 2. The van der Waals surface area contributed by atoms with Gasteiger partial charge in [0.25, 0.3) is 10.0 Å². The normalized spacial score (nSPS) is 11.1. The molecule has 0 radical (unpaired) electrons. The van der Waals surface area contributed by atoms with Crippen molar-refractivity contribution in [3.63, 3.8) is 0 Å². The fraction of sp³-hybridized carbons (Fsp3) is 0.316. The third-order valence-electron chi connectivity index (χ3n) is 4.07. The molecule has 0 saturated carbocycles. The quantitative estimate of drug-likeness (QED) is 0.642. The van der Waals surface area contributed by atoms with Gasteiger partial charge in [-0.25, -0.2) is 13.2 Å². The summed E-state index contributed by atoms with van der Waals surface area (Å²) in [7, 11) is -2.43. The van der Waals surface area contributed by atoms with Crippen molar-refractivity contribution >= 4 is 33.3 Å². The number of carbonyl (C=O) groups is 1. The Morgan fingerprint density at radius 2 is 1.89 bits per heavy atom. The second-order valence-corrected chi connectivity index (χ2v) is 7.91. The van der Waals surface area contributed by atoms with Crippen molar-refractivity contribution in [2.75, 3.05) is 24.6 Å². The molecule has 0 N–H and O–H groups in total. The van der Waals surface area contributed by atoms with Crippen LogP contribution < -0.4 is 9.04 Å². The van der Waals surface area contributed by atoms with E-state index in [1.165, 1.54) is 29.6 Å². The van der Waals surface area contributed by atoms with Gasteiger partial charge in [0.2, 0.25) is 0 Å². The number of nitrogens with zero attached hydrogens (tertiary/aromatic N) is 1. The summed E-state index contributed by atoms with van der Waals surface area (Å²) < 4.78 is 37.7. The molecule has 0 aliphatic rings. The Bertz CT molecular complexity index is 943. The fourth-order valence-electron chi connectivity index (χ4n) is 2.73. The summed E-state index contributed by atoms with van der Waals surface area (Å²) in [6, 6.07) is 9.20. The van der Waals surface area contributed by atoms with Gasteiger partial charge < -0.3 is 9.47 Å². The van der Waals surface area contributed by atoms with Gasteiger partial charge >= 0.3 is 5.97 Å². The van der Waals surface area contributed by atoms with E-state index in [1.807, 2.05) is 0 Å². The van der Waals surface area contributed by atoms with Crippen LogP contribution in [0.3, 0.4) is 0 Å². The van der Waals surface area contributed by atoms with Gasteiger partial charge in [0.15, 0.2) is 0 Å². The van der Waals surface area contributed by atoms with E-state index in [2.05, 4.69) is 0 Å². The maximum absolute atomic E-state index is 13.2. The minimum atomic E-state index is -3.89. The van der Waals surface area contributed by atoms with E-state index < -0.39 is 16.0 Å². The molecule has 2 aromatic carbocycles. The number of hydrogen-bond acceptors (Lipinski definition) is 5. The first kappa shape index (κ1) is 21.1. The van der Waals surface area contributed by atoms with E-state index >= 15 is 0 Å². The molecular formula is C19H22ClNO5S.